The zero-order valence-corrected chi connectivity index (χ0v) is 15.1. The van der Waals surface area contributed by atoms with Gasteiger partial charge >= 0.3 is 0 Å². The van der Waals surface area contributed by atoms with E-state index in [9.17, 15) is 23.6 Å². The first-order chi connectivity index (χ1) is 12.9. The van der Waals surface area contributed by atoms with E-state index in [0.29, 0.717) is 12.8 Å². The smallest absolute Gasteiger partial charge is 0.243 e. The number of likely N-dealkylation sites (tertiary alicyclic amines) is 1. The number of rotatable bonds is 5. The van der Waals surface area contributed by atoms with Gasteiger partial charge in [0.15, 0.2) is 0 Å². The number of carbonyl (C=O) groups excluding carboxylic acids is 4. The zero-order valence-electron chi connectivity index (χ0n) is 15.1. The molecule has 27 heavy (non-hydrogen) atoms. The van der Waals surface area contributed by atoms with Crippen molar-refractivity contribution in [2.75, 3.05) is 25.5 Å². The third-order valence-corrected chi connectivity index (χ3v) is 5.14. The fraction of sp³-hybridized carbons (Fsp3) is 0.474. The molecular formula is C19H22FN3O4. The molecule has 7 nitrogen and oxygen atoms in total. The number of hydrogen-bond acceptors (Lipinski definition) is 4. The van der Waals surface area contributed by atoms with Crippen LogP contribution >= 0.6 is 0 Å². The van der Waals surface area contributed by atoms with Crippen molar-refractivity contribution in [2.24, 2.45) is 11.8 Å². The lowest BCUT2D eigenvalue weighted by atomic mass is 9.81. The fourth-order valence-corrected chi connectivity index (χ4v) is 3.71. The highest BCUT2D eigenvalue weighted by molar-refractivity contribution is 6.07. The van der Waals surface area contributed by atoms with Crippen LogP contribution in [0.2, 0.25) is 0 Å². The maximum atomic E-state index is 13.1. The molecule has 1 N–H and O–H groups in total. The molecule has 0 aromatic heterocycles. The lowest BCUT2D eigenvalue weighted by molar-refractivity contribution is -0.146. The summed E-state index contributed by atoms with van der Waals surface area (Å²) in [6, 6.07) is 5.42. The van der Waals surface area contributed by atoms with Gasteiger partial charge in [0.2, 0.25) is 23.6 Å². The van der Waals surface area contributed by atoms with E-state index in [0.717, 1.165) is 22.6 Å². The number of hydrogen-bond donors (Lipinski definition) is 1. The highest BCUT2D eigenvalue weighted by Gasteiger charge is 2.48. The summed E-state index contributed by atoms with van der Waals surface area (Å²) in [6.45, 7) is -0.618. The summed E-state index contributed by atoms with van der Waals surface area (Å²) in [5.74, 6) is -2.65. The third kappa shape index (κ3) is 4.15. The second-order valence-corrected chi connectivity index (χ2v) is 7.07. The minimum atomic E-state index is -0.496. The second kappa shape index (κ2) is 7.85. The Morgan fingerprint density at radius 3 is 2.41 bits per heavy atom. The topological polar surface area (TPSA) is 86.8 Å². The number of benzene rings is 1. The molecule has 2 atom stereocenters. The average molecular weight is 375 g/mol. The maximum Gasteiger partial charge on any atom is 0.243 e. The molecule has 1 aromatic carbocycles. The van der Waals surface area contributed by atoms with Gasteiger partial charge in [-0.1, -0.05) is 18.9 Å². The fourth-order valence-electron chi connectivity index (χ4n) is 3.71. The van der Waals surface area contributed by atoms with Gasteiger partial charge in [0.1, 0.15) is 12.4 Å². The van der Waals surface area contributed by atoms with Crippen LogP contribution in [0.15, 0.2) is 24.3 Å². The van der Waals surface area contributed by atoms with E-state index in [1.807, 2.05) is 0 Å². The van der Waals surface area contributed by atoms with Crippen molar-refractivity contribution >= 4 is 29.3 Å². The van der Waals surface area contributed by atoms with E-state index in [1.54, 1.807) is 0 Å². The summed E-state index contributed by atoms with van der Waals surface area (Å²) in [5.41, 5.74) is 0.287. The lowest BCUT2D eigenvalue weighted by Crippen LogP contribution is -2.44. The Bertz CT molecular complexity index is 758. The Morgan fingerprint density at radius 1 is 1.19 bits per heavy atom. The predicted molar refractivity (Wildman–Crippen MR) is 94.8 cm³/mol. The standard InChI is InChI=1S/C19H22FN3O4/c1-22(10-16(24)21-13-6-4-5-12(20)9-13)17(25)11-23-18(26)14-7-2-3-8-15(14)19(23)27/h4-6,9,14-15H,2-3,7-8,10-11H2,1H3,(H,21,24)/t14-,15+. The van der Waals surface area contributed by atoms with Crippen LogP contribution in [0.25, 0.3) is 0 Å². The summed E-state index contributed by atoms with van der Waals surface area (Å²) >= 11 is 0. The number of carbonyl (C=O) groups is 4. The first-order valence-corrected chi connectivity index (χ1v) is 9.01. The van der Waals surface area contributed by atoms with E-state index < -0.39 is 17.6 Å². The highest BCUT2D eigenvalue weighted by atomic mass is 19.1. The Hall–Kier alpha value is -2.77. The lowest BCUT2D eigenvalue weighted by Gasteiger charge is -2.20. The van der Waals surface area contributed by atoms with Gasteiger partial charge in [-0.05, 0) is 31.0 Å². The van der Waals surface area contributed by atoms with Gasteiger partial charge in [-0.15, -0.1) is 0 Å². The average Bonchev–Trinajstić information content (AvgIpc) is 2.87. The van der Waals surface area contributed by atoms with Gasteiger partial charge < -0.3 is 10.2 Å². The Kier molecular flexibility index (Phi) is 5.53. The number of nitrogens with zero attached hydrogens (tertiary/aromatic N) is 2. The Labute approximate surface area is 156 Å². The van der Waals surface area contributed by atoms with Crippen LogP contribution in [0.3, 0.4) is 0 Å². The van der Waals surface area contributed by atoms with Crippen molar-refractivity contribution in [1.29, 1.82) is 0 Å². The molecule has 0 spiro atoms. The molecule has 1 aliphatic heterocycles. The van der Waals surface area contributed by atoms with Crippen molar-refractivity contribution in [3.8, 4) is 0 Å². The minimum Gasteiger partial charge on any atom is -0.335 e. The number of nitrogens with one attached hydrogen (secondary N) is 1. The van der Waals surface area contributed by atoms with Crippen LogP contribution in [-0.4, -0.2) is 53.6 Å². The number of imide groups is 1. The minimum absolute atomic E-state index is 0.265. The van der Waals surface area contributed by atoms with Crippen LogP contribution in [-0.2, 0) is 19.2 Å². The van der Waals surface area contributed by atoms with E-state index >= 15 is 0 Å². The molecule has 0 unspecified atom stereocenters. The molecule has 2 fully saturated rings. The van der Waals surface area contributed by atoms with E-state index in [-0.39, 0.29) is 42.4 Å². The molecule has 0 radical (unpaired) electrons. The molecule has 1 saturated carbocycles. The molecule has 144 valence electrons. The number of halogens is 1. The van der Waals surface area contributed by atoms with E-state index in [4.69, 9.17) is 0 Å². The molecule has 3 rings (SSSR count). The van der Waals surface area contributed by atoms with Crippen molar-refractivity contribution in [2.45, 2.75) is 25.7 Å². The highest BCUT2D eigenvalue weighted by Crippen LogP contribution is 2.37. The SMILES string of the molecule is CN(CC(=O)Nc1cccc(F)c1)C(=O)CN1C(=O)[C@H]2CCCC[C@H]2C1=O. The van der Waals surface area contributed by atoms with E-state index in [2.05, 4.69) is 5.32 Å². The monoisotopic (exact) mass is 375 g/mol. The molecule has 1 aromatic rings. The van der Waals surface area contributed by atoms with Gasteiger partial charge in [0.25, 0.3) is 0 Å². The van der Waals surface area contributed by atoms with Gasteiger partial charge in [0, 0.05) is 12.7 Å². The van der Waals surface area contributed by atoms with Crippen LogP contribution in [0, 0.1) is 17.7 Å². The summed E-state index contributed by atoms with van der Waals surface area (Å²) in [7, 11) is 1.42. The largest absolute Gasteiger partial charge is 0.335 e. The quantitative estimate of drug-likeness (QED) is 0.788. The Morgan fingerprint density at radius 2 is 1.81 bits per heavy atom. The van der Waals surface area contributed by atoms with Gasteiger partial charge in [-0.3, -0.25) is 24.1 Å². The molecule has 0 bridgehead atoms. The van der Waals surface area contributed by atoms with Crippen LogP contribution in [0.4, 0.5) is 10.1 Å². The normalized spacial score (nSPS) is 21.8. The number of likely N-dealkylation sites (N-methyl/N-ethyl adjacent to an activating group) is 1. The van der Waals surface area contributed by atoms with Crippen molar-refractivity contribution < 1.29 is 23.6 Å². The molecule has 1 heterocycles. The van der Waals surface area contributed by atoms with Crippen LogP contribution in [0.5, 0.6) is 0 Å². The molecule has 1 aliphatic carbocycles. The van der Waals surface area contributed by atoms with Gasteiger partial charge in [-0.2, -0.15) is 0 Å². The molecular weight excluding hydrogens is 353 g/mol. The zero-order chi connectivity index (χ0) is 19.6. The molecule has 1 saturated heterocycles. The summed E-state index contributed by atoms with van der Waals surface area (Å²) in [5, 5.41) is 2.50. The third-order valence-electron chi connectivity index (χ3n) is 5.14. The first-order valence-electron chi connectivity index (χ1n) is 9.01. The number of amides is 4. The summed E-state index contributed by atoms with van der Waals surface area (Å²) in [6.07, 6.45) is 3.21. The van der Waals surface area contributed by atoms with Crippen molar-refractivity contribution in [3.05, 3.63) is 30.1 Å². The predicted octanol–water partition coefficient (Wildman–Crippen LogP) is 1.40. The number of fused-ring (bicyclic) bond motifs is 1. The Balaban J connectivity index is 1.55. The van der Waals surface area contributed by atoms with Gasteiger partial charge in [0.05, 0.1) is 18.4 Å². The van der Waals surface area contributed by atoms with E-state index in [1.165, 1.54) is 31.3 Å². The molecule has 2 aliphatic rings. The first kappa shape index (κ1) is 19.0. The summed E-state index contributed by atoms with van der Waals surface area (Å²) in [4.78, 5) is 51.4. The second-order valence-electron chi connectivity index (χ2n) is 7.07. The van der Waals surface area contributed by atoms with Crippen LogP contribution in [0.1, 0.15) is 25.7 Å². The van der Waals surface area contributed by atoms with Crippen molar-refractivity contribution in [1.82, 2.24) is 9.80 Å². The van der Waals surface area contributed by atoms with Gasteiger partial charge in [-0.25, -0.2) is 4.39 Å². The molecule has 4 amide bonds. The van der Waals surface area contributed by atoms with Crippen molar-refractivity contribution in [3.63, 3.8) is 0 Å². The number of anilines is 1. The summed E-state index contributed by atoms with van der Waals surface area (Å²) < 4.78 is 13.1. The van der Waals surface area contributed by atoms with Crippen LogP contribution < -0.4 is 5.32 Å². The maximum absolute atomic E-state index is 13.1. The molecule has 8 heteroatoms.